The van der Waals surface area contributed by atoms with Crippen LogP contribution in [-0.4, -0.2) is 17.7 Å². The van der Waals surface area contributed by atoms with Crippen molar-refractivity contribution in [3.05, 3.63) is 16.0 Å². The monoisotopic (exact) mass is 300 g/mol. The lowest BCUT2D eigenvalue weighted by atomic mass is 9.96. The van der Waals surface area contributed by atoms with Gasteiger partial charge in [-0.05, 0) is 31.2 Å². The van der Waals surface area contributed by atoms with E-state index in [1.807, 2.05) is 0 Å². The van der Waals surface area contributed by atoms with E-state index in [4.69, 9.17) is 17.3 Å². The molecule has 0 spiro atoms. The topological polar surface area (TPSA) is 72.2 Å². The second kappa shape index (κ2) is 6.39. The van der Waals surface area contributed by atoms with Gasteiger partial charge in [-0.1, -0.05) is 12.8 Å². The Labute approximate surface area is 121 Å². The van der Waals surface area contributed by atoms with Crippen molar-refractivity contribution >= 4 is 39.8 Å². The zero-order valence-electron chi connectivity index (χ0n) is 10.6. The van der Waals surface area contributed by atoms with Gasteiger partial charge in [0.2, 0.25) is 5.91 Å². The largest absolute Gasteiger partial charge is 0.365 e. The molecule has 1 aromatic heterocycles. The van der Waals surface area contributed by atoms with E-state index in [0.717, 1.165) is 31.2 Å². The second-order valence-corrected chi connectivity index (χ2v) is 6.04. The summed E-state index contributed by atoms with van der Waals surface area (Å²) in [4.78, 5) is 24.3. The van der Waals surface area contributed by atoms with Gasteiger partial charge in [0.05, 0.1) is 5.56 Å². The van der Waals surface area contributed by atoms with Crippen molar-refractivity contribution in [1.29, 1.82) is 0 Å². The summed E-state index contributed by atoms with van der Waals surface area (Å²) in [6.07, 6.45) is 6.39. The quantitative estimate of drug-likeness (QED) is 0.842. The first kappa shape index (κ1) is 14.3. The standard InChI is InChI=1S/C13H17ClN2O2S/c14-7-10(17)16-13-11(12(15)18)8-5-3-1-2-4-6-9(8)19-13/h1-7H2,(H2,15,18)(H,16,17). The van der Waals surface area contributed by atoms with Gasteiger partial charge in [0.25, 0.3) is 5.91 Å². The van der Waals surface area contributed by atoms with Gasteiger partial charge in [0.15, 0.2) is 0 Å². The molecule has 0 atom stereocenters. The van der Waals surface area contributed by atoms with Crippen molar-refractivity contribution in [2.24, 2.45) is 5.73 Å². The molecule has 0 unspecified atom stereocenters. The van der Waals surface area contributed by atoms with Gasteiger partial charge < -0.3 is 11.1 Å². The first-order valence-electron chi connectivity index (χ1n) is 6.43. The number of hydrogen-bond donors (Lipinski definition) is 2. The lowest BCUT2D eigenvalue weighted by molar-refractivity contribution is -0.113. The van der Waals surface area contributed by atoms with Crippen molar-refractivity contribution < 1.29 is 9.59 Å². The molecule has 0 fully saturated rings. The Morgan fingerprint density at radius 1 is 1.21 bits per heavy atom. The Morgan fingerprint density at radius 2 is 1.89 bits per heavy atom. The number of thiophene rings is 1. The van der Waals surface area contributed by atoms with Gasteiger partial charge in [-0.2, -0.15) is 0 Å². The molecule has 2 rings (SSSR count). The molecule has 0 saturated carbocycles. The highest BCUT2D eigenvalue weighted by molar-refractivity contribution is 7.17. The minimum absolute atomic E-state index is 0.124. The van der Waals surface area contributed by atoms with Crippen LogP contribution in [0.4, 0.5) is 5.00 Å². The lowest BCUT2D eigenvalue weighted by Crippen LogP contribution is -2.18. The predicted molar refractivity (Wildman–Crippen MR) is 78.1 cm³/mol. The summed E-state index contributed by atoms with van der Waals surface area (Å²) < 4.78 is 0. The fourth-order valence-electron chi connectivity index (χ4n) is 2.43. The number of carbonyl (C=O) groups excluding carboxylic acids is 2. The van der Waals surface area contributed by atoms with Crippen LogP contribution in [0.3, 0.4) is 0 Å². The lowest BCUT2D eigenvalue weighted by Gasteiger charge is -2.10. The van der Waals surface area contributed by atoms with E-state index in [2.05, 4.69) is 5.32 Å². The van der Waals surface area contributed by atoms with E-state index in [0.29, 0.717) is 10.6 Å². The molecule has 3 N–H and O–H groups in total. The molecular weight excluding hydrogens is 284 g/mol. The van der Waals surface area contributed by atoms with E-state index < -0.39 is 5.91 Å². The van der Waals surface area contributed by atoms with Crippen LogP contribution in [0.15, 0.2) is 0 Å². The number of halogens is 1. The van der Waals surface area contributed by atoms with Crippen LogP contribution in [0.5, 0.6) is 0 Å². The normalized spacial score (nSPS) is 15.2. The van der Waals surface area contributed by atoms with Crippen LogP contribution in [0.2, 0.25) is 0 Å². The number of hydrogen-bond acceptors (Lipinski definition) is 3. The summed E-state index contributed by atoms with van der Waals surface area (Å²) >= 11 is 6.95. The van der Waals surface area contributed by atoms with Gasteiger partial charge >= 0.3 is 0 Å². The molecule has 104 valence electrons. The molecule has 1 aliphatic rings. The molecule has 1 aliphatic carbocycles. The Bertz CT molecular complexity index is 499. The molecule has 1 heterocycles. The number of carbonyl (C=O) groups is 2. The first-order chi connectivity index (χ1) is 9.13. The highest BCUT2D eigenvalue weighted by Gasteiger charge is 2.23. The zero-order valence-corrected chi connectivity index (χ0v) is 12.2. The Kier molecular flexibility index (Phi) is 4.82. The van der Waals surface area contributed by atoms with Crippen LogP contribution in [-0.2, 0) is 17.6 Å². The molecule has 2 amide bonds. The minimum atomic E-state index is -0.469. The van der Waals surface area contributed by atoms with Crippen LogP contribution in [0.1, 0.15) is 46.5 Å². The van der Waals surface area contributed by atoms with Crippen LogP contribution in [0, 0.1) is 0 Å². The molecule has 4 nitrogen and oxygen atoms in total. The van der Waals surface area contributed by atoms with E-state index in [1.165, 1.54) is 29.1 Å². The van der Waals surface area contributed by atoms with Crippen molar-refractivity contribution in [2.45, 2.75) is 38.5 Å². The number of rotatable bonds is 3. The highest BCUT2D eigenvalue weighted by atomic mass is 35.5. The Hall–Kier alpha value is -1.07. The molecule has 0 aliphatic heterocycles. The smallest absolute Gasteiger partial charge is 0.251 e. The molecule has 0 bridgehead atoms. The second-order valence-electron chi connectivity index (χ2n) is 4.67. The van der Waals surface area contributed by atoms with Crippen molar-refractivity contribution in [3.63, 3.8) is 0 Å². The number of nitrogens with two attached hydrogens (primary N) is 1. The van der Waals surface area contributed by atoms with E-state index in [9.17, 15) is 9.59 Å². The third-order valence-corrected chi connectivity index (χ3v) is 4.74. The number of alkyl halides is 1. The average Bonchev–Trinajstić information content (AvgIpc) is 2.66. The fraction of sp³-hybridized carbons (Fsp3) is 0.538. The molecule has 19 heavy (non-hydrogen) atoms. The van der Waals surface area contributed by atoms with Gasteiger partial charge in [0.1, 0.15) is 10.9 Å². The number of amides is 2. The number of primary amides is 1. The average molecular weight is 301 g/mol. The number of fused-ring (bicyclic) bond motifs is 1. The Balaban J connectivity index is 2.39. The minimum Gasteiger partial charge on any atom is -0.365 e. The fourth-order valence-corrected chi connectivity index (χ4v) is 3.81. The summed E-state index contributed by atoms with van der Waals surface area (Å²) in [6.45, 7) is 0. The van der Waals surface area contributed by atoms with E-state index in [1.54, 1.807) is 0 Å². The van der Waals surface area contributed by atoms with Gasteiger partial charge in [-0.3, -0.25) is 9.59 Å². The number of anilines is 1. The summed E-state index contributed by atoms with van der Waals surface area (Å²) in [7, 11) is 0. The summed E-state index contributed by atoms with van der Waals surface area (Å²) in [5.74, 6) is -0.901. The molecule has 6 heteroatoms. The Morgan fingerprint density at radius 3 is 2.53 bits per heavy atom. The SMILES string of the molecule is NC(=O)c1c(NC(=O)CCl)sc2c1CCCCCC2. The zero-order chi connectivity index (χ0) is 13.8. The van der Waals surface area contributed by atoms with Gasteiger partial charge in [0, 0.05) is 4.88 Å². The summed E-state index contributed by atoms with van der Waals surface area (Å²) in [6, 6.07) is 0. The first-order valence-corrected chi connectivity index (χ1v) is 7.78. The van der Waals surface area contributed by atoms with Gasteiger partial charge in [-0.15, -0.1) is 22.9 Å². The van der Waals surface area contributed by atoms with Crippen LogP contribution < -0.4 is 11.1 Å². The van der Waals surface area contributed by atoms with Crippen LogP contribution >= 0.6 is 22.9 Å². The predicted octanol–water partition coefficient (Wildman–Crippen LogP) is 2.68. The number of aryl methyl sites for hydroxylation is 1. The van der Waals surface area contributed by atoms with E-state index >= 15 is 0 Å². The maximum Gasteiger partial charge on any atom is 0.251 e. The molecule has 0 radical (unpaired) electrons. The third-order valence-electron chi connectivity index (χ3n) is 3.29. The highest BCUT2D eigenvalue weighted by Crippen LogP contribution is 2.36. The van der Waals surface area contributed by atoms with Gasteiger partial charge in [-0.25, -0.2) is 0 Å². The van der Waals surface area contributed by atoms with Crippen LogP contribution in [0.25, 0.3) is 0 Å². The van der Waals surface area contributed by atoms with Crippen molar-refractivity contribution in [1.82, 2.24) is 0 Å². The maximum atomic E-state index is 11.7. The van der Waals surface area contributed by atoms with Crippen molar-refractivity contribution in [2.75, 3.05) is 11.2 Å². The summed E-state index contributed by atoms with van der Waals surface area (Å²) in [5, 5.41) is 3.25. The molecule has 1 aromatic rings. The summed E-state index contributed by atoms with van der Waals surface area (Å²) in [5.41, 5.74) is 6.99. The molecular formula is C13H17ClN2O2S. The van der Waals surface area contributed by atoms with Crippen molar-refractivity contribution in [3.8, 4) is 0 Å². The van der Waals surface area contributed by atoms with E-state index in [-0.39, 0.29) is 11.8 Å². The third kappa shape index (κ3) is 3.28. The maximum absolute atomic E-state index is 11.7. The molecule has 0 aromatic carbocycles. The number of nitrogens with one attached hydrogen (secondary N) is 1. The molecule has 0 saturated heterocycles.